The van der Waals surface area contributed by atoms with Crippen LogP contribution in [0.15, 0.2) is 12.2 Å². The molecular weight excluding hydrogens is 201 g/mol. The van der Waals surface area contributed by atoms with Crippen LogP contribution in [-0.2, 0) is 0 Å². The first-order valence-electron chi connectivity index (χ1n) is 2.40. The van der Waals surface area contributed by atoms with Crippen LogP contribution in [-0.4, -0.2) is 15.7 Å². The third-order valence-electron chi connectivity index (χ3n) is 1.14. The van der Waals surface area contributed by atoms with Crippen LogP contribution in [0.4, 0.5) is 0 Å². The summed E-state index contributed by atoms with van der Waals surface area (Å²) in [4.78, 5) is 0. The number of hydrogen-bond acceptors (Lipinski definition) is 1. The fourth-order valence-electron chi connectivity index (χ4n) is 0.618. The summed E-state index contributed by atoms with van der Waals surface area (Å²) in [6.45, 7) is 3.30. The van der Waals surface area contributed by atoms with E-state index in [1.54, 1.807) is 0 Å². The maximum Gasteiger partial charge on any atom is 0.0349 e. The molecule has 7 heavy (non-hydrogen) atoms. The van der Waals surface area contributed by atoms with Crippen molar-refractivity contribution in [3.63, 3.8) is 0 Å². The van der Waals surface area contributed by atoms with Crippen LogP contribution < -0.4 is 0 Å². The quantitative estimate of drug-likeness (QED) is 0.332. The average Bonchev–Trinajstić information content (AvgIpc) is 1.91. The Balaban J connectivity index is 2.45. The van der Waals surface area contributed by atoms with Gasteiger partial charge in [0.05, 0.1) is 0 Å². The van der Waals surface area contributed by atoms with Crippen molar-refractivity contribution in [3.8, 4) is 0 Å². The van der Waals surface area contributed by atoms with E-state index in [1.807, 2.05) is 0 Å². The van der Waals surface area contributed by atoms with E-state index in [1.165, 1.54) is 0 Å². The third-order valence-corrected chi connectivity index (χ3v) is 2.41. The largest absolute Gasteiger partial charge is 0.237 e. The average molecular weight is 209 g/mol. The van der Waals surface area contributed by atoms with Gasteiger partial charge in [0.15, 0.2) is 0 Å². The van der Waals surface area contributed by atoms with Crippen molar-refractivity contribution >= 4 is 22.9 Å². The van der Waals surface area contributed by atoms with Gasteiger partial charge >= 0.3 is 0 Å². The van der Waals surface area contributed by atoms with Crippen LogP contribution in [0.2, 0.25) is 0 Å². The number of nitrogens with zero attached hydrogens (tertiary/aromatic N) is 1. The van der Waals surface area contributed by atoms with Gasteiger partial charge in [-0.15, -0.1) is 0 Å². The van der Waals surface area contributed by atoms with E-state index in [0.29, 0.717) is 6.04 Å². The van der Waals surface area contributed by atoms with Crippen LogP contribution >= 0.6 is 22.9 Å². The number of hydrogen-bond donors (Lipinski definition) is 0. The molecular formula is C5H8IN. The van der Waals surface area contributed by atoms with Crippen LogP contribution in [0, 0.1) is 0 Å². The first-order valence-corrected chi connectivity index (χ1v) is 3.36. The smallest absolute Gasteiger partial charge is 0.0349 e. The van der Waals surface area contributed by atoms with Crippen molar-refractivity contribution in [1.82, 2.24) is 3.11 Å². The van der Waals surface area contributed by atoms with Gasteiger partial charge in [-0.1, -0.05) is 12.2 Å². The molecule has 0 spiro atoms. The highest BCUT2D eigenvalue weighted by Gasteiger charge is 2.09. The molecule has 1 aliphatic heterocycles. The Morgan fingerprint density at radius 3 is 2.71 bits per heavy atom. The fraction of sp³-hybridized carbons (Fsp3) is 0.600. The molecule has 0 N–H and O–H groups in total. The lowest BCUT2D eigenvalue weighted by Crippen LogP contribution is -2.14. The molecule has 0 saturated heterocycles. The summed E-state index contributed by atoms with van der Waals surface area (Å²) in [5, 5.41) is 0. The van der Waals surface area contributed by atoms with Crippen molar-refractivity contribution in [3.05, 3.63) is 12.2 Å². The molecule has 0 aromatic heterocycles. The summed E-state index contributed by atoms with van der Waals surface area (Å²) >= 11 is 2.33. The Morgan fingerprint density at radius 1 is 1.86 bits per heavy atom. The molecule has 1 atom stereocenters. The van der Waals surface area contributed by atoms with E-state index in [-0.39, 0.29) is 0 Å². The van der Waals surface area contributed by atoms with Crippen molar-refractivity contribution < 1.29 is 0 Å². The minimum atomic E-state index is 0.653. The lowest BCUT2D eigenvalue weighted by atomic mass is 10.4. The lowest BCUT2D eigenvalue weighted by Gasteiger charge is -2.09. The van der Waals surface area contributed by atoms with Gasteiger partial charge < -0.3 is 0 Å². The molecule has 0 bridgehead atoms. The molecule has 0 amide bonds. The Labute approximate surface area is 57.9 Å². The standard InChI is InChI=1S/C5H8IN/c1-5-3-2-4-7(5)6/h2-3,5H,4H2,1H3/t5-/m1/s1. The summed E-state index contributed by atoms with van der Waals surface area (Å²) < 4.78 is 2.26. The van der Waals surface area contributed by atoms with Gasteiger partial charge in [-0.3, -0.25) is 0 Å². The first kappa shape index (κ1) is 5.56. The second-order valence-corrected chi connectivity index (χ2v) is 2.99. The SMILES string of the molecule is C[C@@H]1C=CCN1I. The molecule has 1 rings (SSSR count). The van der Waals surface area contributed by atoms with Crippen LogP contribution in [0.1, 0.15) is 6.92 Å². The van der Waals surface area contributed by atoms with Crippen molar-refractivity contribution in [2.24, 2.45) is 0 Å². The number of halogens is 1. The second-order valence-electron chi connectivity index (χ2n) is 1.75. The zero-order valence-corrected chi connectivity index (χ0v) is 6.42. The summed E-state index contributed by atoms with van der Waals surface area (Å²) in [6, 6.07) is 0.653. The van der Waals surface area contributed by atoms with Crippen molar-refractivity contribution in [2.75, 3.05) is 6.54 Å². The molecule has 0 radical (unpaired) electrons. The predicted molar refractivity (Wildman–Crippen MR) is 39.3 cm³/mol. The number of rotatable bonds is 0. The molecule has 1 heterocycles. The Morgan fingerprint density at radius 2 is 2.57 bits per heavy atom. The Bertz CT molecular complexity index is 90.1. The van der Waals surface area contributed by atoms with Gasteiger partial charge in [0.2, 0.25) is 0 Å². The predicted octanol–water partition coefficient (Wildman–Crippen LogP) is 1.60. The van der Waals surface area contributed by atoms with Crippen LogP contribution in [0.3, 0.4) is 0 Å². The van der Waals surface area contributed by atoms with E-state index >= 15 is 0 Å². The third kappa shape index (κ3) is 1.16. The molecule has 0 unspecified atom stereocenters. The monoisotopic (exact) mass is 209 g/mol. The van der Waals surface area contributed by atoms with Crippen molar-refractivity contribution in [1.29, 1.82) is 0 Å². The molecule has 40 valence electrons. The lowest BCUT2D eigenvalue weighted by molar-refractivity contribution is 0.539. The molecule has 0 aromatic rings. The van der Waals surface area contributed by atoms with Gasteiger partial charge in [-0.25, -0.2) is 3.11 Å². The van der Waals surface area contributed by atoms with Crippen molar-refractivity contribution in [2.45, 2.75) is 13.0 Å². The van der Waals surface area contributed by atoms with Gasteiger partial charge in [-0.05, 0) is 6.92 Å². The molecule has 0 saturated carbocycles. The molecule has 0 aromatic carbocycles. The highest BCUT2D eigenvalue weighted by Crippen LogP contribution is 2.12. The molecule has 1 aliphatic rings. The highest BCUT2D eigenvalue weighted by atomic mass is 127. The molecule has 2 heteroatoms. The highest BCUT2D eigenvalue weighted by molar-refractivity contribution is 14.1. The summed E-state index contributed by atoms with van der Waals surface area (Å²) in [6.07, 6.45) is 4.41. The zero-order chi connectivity index (χ0) is 5.28. The van der Waals surface area contributed by atoms with Gasteiger partial charge in [-0.2, -0.15) is 0 Å². The molecule has 0 fully saturated rings. The van der Waals surface area contributed by atoms with E-state index in [2.05, 4.69) is 45.1 Å². The zero-order valence-electron chi connectivity index (χ0n) is 4.26. The van der Waals surface area contributed by atoms with Crippen LogP contribution in [0.25, 0.3) is 0 Å². The summed E-state index contributed by atoms with van der Waals surface area (Å²) in [7, 11) is 0. The van der Waals surface area contributed by atoms with E-state index in [0.717, 1.165) is 6.54 Å². The van der Waals surface area contributed by atoms with Gasteiger partial charge in [0, 0.05) is 35.5 Å². The van der Waals surface area contributed by atoms with E-state index < -0.39 is 0 Å². The topological polar surface area (TPSA) is 3.24 Å². The Kier molecular flexibility index (Phi) is 1.69. The minimum Gasteiger partial charge on any atom is -0.237 e. The van der Waals surface area contributed by atoms with Crippen LogP contribution in [0.5, 0.6) is 0 Å². The van der Waals surface area contributed by atoms with E-state index in [4.69, 9.17) is 0 Å². The van der Waals surface area contributed by atoms with Gasteiger partial charge in [0.25, 0.3) is 0 Å². The molecule has 1 nitrogen and oxygen atoms in total. The summed E-state index contributed by atoms with van der Waals surface area (Å²) in [5.41, 5.74) is 0. The minimum absolute atomic E-state index is 0.653. The normalized spacial score (nSPS) is 32.0. The second kappa shape index (κ2) is 2.13. The fourth-order valence-corrected chi connectivity index (χ4v) is 1.03. The summed E-state index contributed by atoms with van der Waals surface area (Å²) in [5.74, 6) is 0. The van der Waals surface area contributed by atoms with E-state index in [9.17, 15) is 0 Å². The van der Waals surface area contributed by atoms with Gasteiger partial charge in [0.1, 0.15) is 0 Å². The maximum absolute atomic E-state index is 2.33. The Hall–Kier alpha value is 0.430. The first-order chi connectivity index (χ1) is 3.30. The maximum atomic E-state index is 2.33. The molecule has 0 aliphatic carbocycles.